The maximum absolute atomic E-state index is 13.3. The van der Waals surface area contributed by atoms with Crippen molar-refractivity contribution in [1.29, 1.82) is 0 Å². The minimum atomic E-state index is -0.0900. The van der Waals surface area contributed by atoms with Gasteiger partial charge in [-0.3, -0.25) is 9.69 Å². The molecule has 3 aliphatic heterocycles. The average molecular weight is 468 g/mol. The number of fused-ring (bicyclic) bond motifs is 4. The summed E-state index contributed by atoms with van der Waals surface area (Å²) >= 11 is 0. The first-order chi connectivity index (χ1) is 16.6. The smallest absolute Gasteiger partial charge is 0.225 e. The van der Waals surface area contributed by atoms with Gasteiger partial charge in [-0.1, -0.05) is 12.8 Å². The molecule has 4 heterocycles. The van der Waals surface area contributed by atoms with Crippen LogP contribution in [-0.2, 0) is 14.9 Å². The largest absolute Gasteiger partial charge is 0.497 e. The number of H-pyrrole nitrogens is 1. The highest BCUT2D eigenvalue weighted by Crippen LogP contribution is 2.49. The van der Waals surface area contributed by atoms with Gasteiger partial charge in [-0.2, -0.15) is 0 Å². The van der Waals surface area contributed by atoms with Crippen molar-refractivity contribution < 1.29 is 19.4 Å². The van der Waals surface area contributed by atoms with Gasteiger partial charge in [0.25, 0.3) is 0 Å². The van der Waals surface area contributed by atoms with Crippen LogP contribution in [0.5, 0.6) is 5.75 Å². The highest BCUT2D eigenvalue weighted by molar-refractivity contribution is 5.89. The number of hydrogen-bond donors (Lipinski definition) is 2. The van der Waals surface area contributed by atoms with Gasteiger partial charge < -0.3 is 24.5 Å². The van der Waals surface area contributed by atoms with Gasteiger partial charge in [-0.15, -0.1) is 0 Å². The molecule has 6 rings (SSSR count). The molecule has 1 aromatic heterocycles. The number of nitrogens with zero attached hydrogens (tertiary/aromatic N) is 2. The molecule has 2 saturated heterocycles. The molecule has 1 atom stereocenters. The molecule has 2 aromatic rings. The fraction of sp³-hybridized carbons (Fsp3) is 0.667. The number of carbonyl (C=O) groups is 1. The molecule has 1 spiro atoms. The third kappa shape index (κ3) is 3.64. The number of rotatable bonds is 5. The molecule has 1 aliphatic carbocycles. The minimum absolute atomic E-state index is 0.0279. The topological polar surface area (TPSA) is 78.0 Å². The van der Waals surface area contributed by atoms with Crippen molar-refractivity contribution in [3.05, 3.63) is 29.5 Å². The molecular weight excluding hydrogens is 430 g/mol. The number of amides is 1. The van der Waals surface area contributed by atoms with E-state index in [9.17, 15) is 9.90 Å². The van der Waals surface area contributed by atoms with E-state index in [0.29, 0.717) is 25.0 Å². The van der Waals surface area contributed by atoms with Gasteiger partial charge in [-0.25, -0.2) is 0 Å². The summed E-state index contributed by atoms with van der Waals surface area (Å²) < 4.78 is 11.0. The highest BCUT2D eigenvalue weighted by atomic mass is 16.5. The summed E-state index contributed by atoms with van der Waals surface area (Å²) in [6, 6.07) is 6.20. The predicted octanol–water partition coefficient (Wildman–Crippen LogP) is 3.22. The van der Waals surface area contributed by atoms with Gasteiger partial charge in [0.2, 0.25) is 5.91 Å². The highest BCUT2D eigenvalue weighted by Gasteiger charge is 2.54. The Morgan fingerprint density at radius 2 is 1.94 bits per heavy atom. The summed E-state index contributed by atoms with van der Waals surface area (Å²) in [5.41, 5.74) is 3.41. The first-order valence-electron chi connectivity index (χ1n) is 13.0. The molecule has 0 radical (unpaired) electrons. The fourth-order valence-electron chi connectivity index (χ4n) is 7.13. The van der Waals surface area contributed by atoms with Crippen molar-refractivity contribution in [1.82, 2.24) is 14.8 Å². The number of aliphatic hydroxyl groups is 1. The third-order valence-electron chi connectivity index (χ3n) is 8.85. The lowest BCUT2D eigenvalue weighted by atomic mass is 9.68. The van der Waals surface area contributed by atoms with E-state index in [-0.39, 0.29) is 24.0 Å². The number of aromatic amines is 1. The van der Waals surface area contributed by atoms with Crippen molar-refractivity contribution in [2.45, 2.75) is 50.0 Å². The first kappa shape index (κ1) is 22.4. The van der Waals surface area contributed by atoms with Crippen LogP contribution in [0.3, 0.4) is 0 Å². The van der Waals surface area contributed by atoms with E-state index < -0.39 is 0 Å². The Labute approximate surface area is 201 Å². The number of carbonyl (C=O) groups excluding carboxylic acids is 1. The summed E-state index contributed by atoms with van der Waals surface area (Å²) in [5, 5.41) is 11.7. The van der Waals surface area contributed by atoms with Crippen molar-refractivity contribution >= 4 is 16.8 Å². The van der Waals surface area contributed by atoms with E-state index >= 15 is 0 Å². The summed E-state index contributed by atoms with van der Waals surface area (Å²) in [6.45, 7) is 4.93. The first-order valence-corrected chi connectivity index (χ1v) is 13.0. The number of methoxy groups -OCH3 is 1. The second-order valence-corrected chi connectivity index (χ2v) is 11.0. The van der Waals surface area contributed by atoms with Gasteiger partial charge in [0.05, 0.1) is 19.8 Å². The number of nitrogens with one attached hydrogen (secondary N) is 1. The Hall–Kier alpha value is -2.09. The molecule has 1 amide bonds. The number of hydrogen-bond acceptors (Lipinski definition) is 5. The van der Waals surface area contributed by atoms with Crippen LogP contribution in [0.2, 0.25) is 0 Å². The second kappa shape index (κ2) is 8.85. The van der Waals surface area contributed by atoms with Gasteiger partial charge in [0.1, 0.15) is 5.75 Å². The van der Waals surface area contributed by atoms with E-state index in [1.54, 1.807) is 7.11 Å². The quantitative estimate of drug-likeness (QED) is 0.706. The minimum Gasteiger partial charge on any atom is -0.497 e. The van der Waals surface area contributed by atoms with Gasteiger partial charge in [-0.05, 0) is 49.3 Å². The molecule has 1 aromatic carbocycles. The van der Waals surface area contributed by atoms with Crippen LogP contribution in [0, 0.1) is 11.8 Å². The maximum atomic E-state index is 13.3. The van der Waals surface area contributed by atoms with E-state index in [4.69, 9.17) is 9.47 Å². The normalized spacial score (nSPS) is 25.6. The van der Waals surface area contributed by atoms with Crippen LogP contribution in [0.25, 0.3) is 10.9 Å². The molecule has 0 bridgehead atoms. The Bertz CT molecular complexity index is 1050. The summed E-state index contributed by atoms with van der Waals surface area (Å²) in [4.78, 5) is 21.5. The van der Waals surface area contributed by atoms with E-state index in [1.807, 2.05) is 6.07 Å². The average Bonchev–Trinajstić information content (AvgIpc) is 3.49. The summed E-state index contributed by atoms with van der Waals surface area (Å²) in [5.74, 6) is 1.93. The zero-order valence-electron chi connectivity index (χ0n) is 20.2. The predicted molar refractivity (Wildman–Crippen MR) is 130 cm³/mol. The fourth-order valence-corrected chi connectivity index (χ4v) is 7.13. The lowest BCUT2D eigenvalue weighted by Gasteiger charge is -2.57. The molecular formula is C27H37N3O4. The monoisotopic (exact) mass is 467 g/mol. The van der Waals surface area contributed by atoms with Crippen LogP contribution in [0.1, 0.15) is 55.8 Å². The molecule has 1 saturated carbocycles. The molecule has 184 valence electrons. The number of ether oxygens (including phenoxy) is 2. The van der Waals surface area contributed by atoms with Crippen LogP contribution >= 0.6 is 0 Å². The number of likely N-dealkylation sites (tertiary alicyclic amines) is 1. The van der Waals surface area contributed by atoms with Crippen molar-refractivity contribution in [2.24, 2.45) is 11.8 Å². The summed E-state index contributed by atoms with van der Waals surface area (Å²) in [6.07, 6.45) is 6.87. The van der Waals surface area contributed by atoms with Crippen LogP contribution < -0.4 is 4.74 Å². The zero-order valence-corrected chi connectivity index (χ0v) is 20.2. The Morgan fingerprint density at radius 1 is 1.18 bits per heavy atom. The zero-order chi connectivity index (χ0) is 23.3. The maximum Gasteiger partial charge on any atom is 0.225 e. The second-order valence-electron chi connectivity index (χ2n) is 11.0. The van der Waals surface area contributed by atoms with Crippen LogP contribution in [0.15, 0.2) is 18.2 Å². The lowest BCUT2D eigenvalue weighted by Crippen LogP contribution is -2.68. The SMILES string of the molecule is COc1ccc2c3c([nH]c2c1)[C@@H](CO)N(CC1CCCC1)CC31CN(C(=O)C2CCOCC2)C1. The standard InChI is InChI=1S/C27H37N3O4/c1-33-20-6-7-21-22(12-20)28-25-23(14-31)29(13-18-4-2-3-5-18)15-27(24(21)25)16-30(17-27)26(32)19-8-10-34-11-9-19/h6-7,12,18-19,23,28,31H,2-5,8-11,13-17H2,1H3/t23-/m1/s1. The lowest BCUT2D eigenvalue weighted by molar-refractivity contribution is -0.148. The van der Waals surface area contributed by atoms with Gasteiger partial charge >= 0.3 is 0 Å². The molecule has 7 heteroatoms. The Morgan fingerprint density at radius 3 is 2.65 bits per heavy atom. The van der Waals surface area contributed by atoms with Crippen molar-refractivity contribution in [3.8, 4) is 5.75 Å². The molecule has 3 fully saturated rings. The molecule has 34 heavy (non-hydrogen) atoms. The Kier molecular flexibility index (Phi) is 5.82. The van der Waals surface area contributed by atoms with E-state index in [1.165, 1.54) is 36.6 Å². The number of aliphatic hydroxyl groups excluding tert-OH is 1. The van der Waals surface area contributed by atoms with Crippen LogP contribution in [0.4, 0.5) is 0 Å². The molecule has 4 aliphatic rings. The van der Waals surface area contributed by atoms with Gasteiger partial charge in [0, 0.05) is 73.4 Å². The summed E-state index contributed by atoms with van der Waals surface area (Å²) in [7, 11) is 1.69. The number of aromatic nitrogens is 1. The van der Waals surface area contributed by atoms with Crippen molar-refractivity contribution in [3.63, 3.8) is 0 Å². The molecule has 0 unspecified atom stereocenters. The van der Waals surface area contributed by atoms with E-state index in [2.05, 4.69) is 26.9 Å². The van der Waals surface area contributed by atoms with Gasteiger partial charge in [0.15, 0.2) is 0 Å². The molecule has 2 N–H and O–H groups in total. The third-order valence-corrected chi connectivity index (χ3v) is 8.85. The number of benzene rings is 1. The van der Waals surface area contributed by atoms with Crippen molar-refractivity contribution in [2.75, 3.05) is 53.1 Å². The van der Waals surface area contributed by atoms with Crippen LogP contribution in [-0.4, -0.2) is 78.9 Å². The van der Waals surface area contributed by atoms with E-state index in [0.717, 1.165) is 56.0 Å². The molecule has 7 nitrogen and oxygen atoms in total. The Balaban J connectivity index is 1.35.